The first kappa shape index (κ1) is 12.3. The molecular formula is C13H21N3O. The summed E-state index contributed by atoms with van der Waals surface area (Å²) in [4.78, 5) is 8.70. The van der Waals surface area contributed by atoms with E-state index in [1.165, 1.54) is 0 Å². The van der Waals surface area contributed by atoms with Crippen LogP contribution in [0, 0.1) is 5.92 Å². The predicted molar refractivity (Wildman–Crippen MR) is 69.0 cm³/mol. The van der Waals surface area contributed by atoms with E-state index in [-0.39, 0.29) is 6.61 Å². The number of anilines is 1. The minimum Gasteiger partial charge on any atom is -0.392 e. The summed E-state index contributed by atoms with van der Waals surface area (Å²) in [5, 5.41) is 9.34. The number of likely N-dealkylation sites (N-methyl/N-ethyl adjacent to an activating group) is 1. The van der Waals surface area contributed by atoms with Crippen molar-refractivity contribution in [3.63, 3.8) is 0 Å². The molecule has 2 atom stereocenters. The summed E-state index contributed by atoms with van der Waals surface area (Å²) in [6, 6.07) is 2.57. The van der Waals surface area contributed by atoms with Gasteiger partial charge in [0.2, 0.25) is 0 Å². The van der Waals surface area contributed by atoms with E-state index in [0.717, 1.165) is 24.3 Å². The summed E-state index contributed by atoms with van der Waals surface area (Å²) in [6.45, 7) is 4.40. The van der Waals surface area contributed by atoms with Gasteiger partial charge in [-0.05, 0) is 26.1 Å². The van der Waals surface area contributed by atoms with Gasteiger partial charge < -0.3 is 14.9 Å². The molecule has 1 aromatic heterocycles. The van der Waals surface area contributed by atoms with Gasteiger partial charge in [0, 0.05) is 42.8 Å². The summed E-state index contributed by atoms with van der Waals surface area (Å²) in [5.74, 6) is 0.643. The van der Waals surface area contributed by atoms with Crippen molar-refractivity contribution in [3.05, 3.63) is 24.0 Å². The molecule has 1 fully saturated rings. The topological polar surface area (TPSA) is 39.6 Å². The summed E-state index contributed by atoms with van der Waals surface area (Å²) in [5.41, 5.74) is 2.04. The number of aliphatic hydroxyl groups excluding tert-OH is 1. The number of nitrogens with zero attached hydrogens (tertiary/aromatic N) is 3. The lowest BCUT2D eigenvalue weighted by Crippen LogP contribution is -2.34. The SMILES string of the molecule is CC1CN(c2ccncc2CO)CC1N(C)C. The van der Waals surface area contributed by atoms with Gasteiger partial charge in [-0.25, -0.2) is 0 Å². The first-order valence-electron chi connectivity index (χ1n) is 6.08. The number of aromatic nitrogens is 1. The first-order valence-corrected chi connectivity index (χ1v) is 6.08. The Morgan fingerprint density at radius 1 is 1.47 bits per heavy atom. The van der Waals surface area contributed by atoms with E-state index in [0.29, 0.717) is 12.0 Å². The van der Waals surface area contributed by atoms with Crippen molar-refractivity contribution in [1.29, 1.82) is 0 Å². The van der Waals surface area contributed by atoms with Gasteiger partial charge in [-0.2, -0.15) is 0 Å². The van der Waals surface area contributed by atoms with Crippen molar-refractivity contribution in [3.8, 4) is 0 Å². The molecule has 94 valence electrons. The zero-order chi connectivity index (χ0) is 12.4. The van der Waals surface area contributed by atoms with E-state index in [9.17, 15) is 5.11 Å². The van der Waals surface area contributed by atoms with Crippen molar-refractivity contribution in [2.75, 3.05) is 32.1 Å². The Morgan fingerprint density at radius 2 is 2.24 bits per heavy atom. The van der Waals surface area contributed by atoms with E-state index >= 15 is 0 Å². The van der Waals surface area contributed by atoms with Crippen LogP contribution >= 0.6 is 0 Å². The van der Waals surface area contributed by atoms with Crippen LogP contribution in [0.1, 0.15) is 12.5 Å². The van der Waals surface area contributed by atoms with Gasteiger partial charge >= 0.3 is 0 Å². The highest BCUT2D eigenvalue weighted by Gasteiger charge is 2.31. The van der Waals surface area contributed by atoms with Crippen LogP contribution in [0.2, 0.25) is 0 Å². The normalized spacial score (nSPS) is 24.6. The maximum Gasteiger partial charge on any atom is 0.0717 e. The molecule has 2 heterocycles. The minimum absolute atomic E-state index is 0.0562. The Hall–Kier alpha value is -1.13. The number of rotatable bonds is 3. The van der Waals surface area contributed by atoms with Crippen LogP contribution in [-0.4, -0.2) is 48.2 Å². The van der Waals surface area contributed by atoms with Gasteiger partial charge in [0.25, 0.3) is 0 Å². The smallest absolute Gasteiger partial charge is 0.0717 e. The number of aliphatic hydroxyl groups is 1. The highest BCUT2D eigenvalue weighted by molar-refractivity contribution is 5.53. The second-order valence-corrected chi connectivity index (χ2v) is 5.08. The number of hydrogen-bond donors (Lipinski definition) is 1. The van der Waals surface area contributed by atoms with Gasteiger partial charge in [0.05, 0.1) is 6.61 Å². The van der Waals surface area contributed by atoms with Gasteiger partial charge in [-0.1, -0.05) is 6.92 Å². The molecule has 1 aliphatic rings. The lowest BCUT2D eigenvalue weighted by atomic mass is 10.1. The molecular weight excluding hydrogens is 214 g/mol. The van der Waals surface area contributed by atoms with Crippen molar-refractivity contribution in [2.45, 2.75) is 19.6 Å². The van der Waals surface area contributed by atoms with E-state index in [1.807, 2.05) is 6.07 Å². The Morgan fingerprint density at radius 3 is 2.82 bits per heavy atom. The van der Waals surface area contributed by atoms with Gasteiger partial charge in [0.1, 0.15) is 0 Å². The van der Waals surface area contributed by atoms with Crippen LogP contribution in [0.25, 0.3) is 0 Å². The Kier molecular flexibility index (Phi) is 3.64. The third kappa shape index (κ3) is 2.42. The van der Waals surface area contributed by atoms with Crippen molar-refractivity contribution < 1.29 is 5.11 Å². The highest BCUT2D eigenvalue weighted by Crippen LogP contribution is 2.28. The third-order valence-electron chi connectivity index (χ3n) is 3.62. The zero-order valence-corrected chi connectivity index (χ0v) is 10.8. The standard InChI is InChI=1S/C13H21N3O/c1-10-7-16(8-13(10)15(2)3)12-4-5-14-6-11(12)9-17/h4-6,10,13,17H,7-9H2,1-3H3. The molecule has 1 N–H and O–H groups in total. The maximum atomic E-state index is 9.34. The molecule has 0 bridgehead atoms. The fraction of sp³-hybridized carbons (Fsp3) is 0.615. The monoisotopic (exact) mass is 235 g/mol. The molecule has 0 spiro atoms. The molecule has 1 saturated heterocycles. The summed E-state index contributed by atoms with van der Waals surface area (Å²) >= 11 is 0. The molecule has 1 aromatic rings. The minimum atomic E-state index is 0.0562. The van der Waals surface area contributed by atoms with Gasteiger partial charge in [-0.3, -0.25) is 4.98 Å². The molecule has 0 aliphatic carbocycles. The summed E-state index contributed by atoms with van der Waals surface area (Å²) in [6.07, 6.45) is 3.55. The van der Waals surface area contributed by atoms with E-state index in [4.69, 9.17) is 0 Å². The lowest BCUT2D eigenvalue weighted by molar-refractivity contribution is 0.266. The lowest BCUT2D eigenvalue weighted by Gasteiger charge is -2.23. The molecule has 0 aromatic carbocycles. The Bertz CT molecular complexity index is 381. The third-order valence-corrected chi connectivity index (χ3v) is 3.62. The van der Waals surface area contributed by atoms with Crippen LogP contribution in [0.3, 0.4) is 0 Å². The second kappa shape index (κ2) is 5.02. The van der Waals surface area contributed by atoms with E-state index in [2.05, 4.69) is 35.8 Å². The largest absolute Gasteiger partial charge is 0.392 e. The van der Waals surface area contributed by atoms with Gasteiger partial charge in [-0.15, -0.1) is 0 Å². The fourth-order valence-corrected chi connectivity index (χ4v) is 2.67. The van der Waals surface area contributed by atoms with E-state index < -0.39 is 0 Å². The van der Waals surface area contributed by atoms with E-state index in [1.54, 1.807) is 12.4 Å². The van der Waals surface area contributed by atoms with Crippen molar-refractivity contribution in [2.24, 2.45) is 5.92 Å². The van der Waals surface area contributed by atoms with Crippen molar-refractivity contribution in [1.82, 2.24) is 9.88 Å². The molecule has 1 aliphatic heterocycles. The molecule has 0 radical (unpaired) electrons. The molecule has 2 unspecified atom stereocenters. The van der Waals surface area contributed by atoms with Crippen molar-refractivity contribution >= 4 is 5.69 Å². The molecule has 2 rings (SSSR count). The van der Waals surface area contributed by atoms with Crippen LogP contribution < -0.4 is 4.90 Å². The first-order chi connectivity index (χ1) is 8.13. The average Bonchev–Trinajstić information content (AvgIpc) is 2.71. The fourth-order valence-electron chi connectivity index (χ4n) is 2.67. The quantitative estimate of drug-likeness (QED) is 0.847. The molecule has 0 saturated carbocycles. The molecule has 4 heteroatoms. The van der Waals surface area contributed by atoms with Crippen LogP contribution in [0.5, 0.6) is 0 Å². The highest BCUT2D eigenvalue weighted by atomic mass is 16.3. The van der Waals surface area contributed by atoms with Crippen LogP contribution in [0.15, 0.2) is 18.5 Å². The zero-order valence-electron chi connectivity index (χ0n) is 10.8. The van der Waals surface area contributed by atoms with Gasteiger partial charge in [0.15, 0.2) is 0 Å². The Labute approximate surface area is 103 Å². The second-order valence-electron chi connectivity index (χ2n) is 5.08. The molecule has 4 nitrogen and oxygen atoms in total. The maximum absolute atomic E-state index is 9.34. The average molecular weight is 235 g/mol. The summed E-state index contributed by atoms with van der Waals surface area (Å²) in [7, 11) is 4.26. The number of hydrogen-bond acceptors (Lipinski definition) is 4. The number of pyridine rings is 1. The molecule has 0 amide bonds. The van der Waals surface area contributed by atoms with Crippen LogP contribution in [0.4, 0.5) is 5.69 Å². The predicted octanol–water partition coefficient (Wildman–Crippen LogP) is 0.960. The Balaban J connectivity index is 2.19. The van der Waals surface area contributed by atoms with Crippen LogP contribution in [-0.2, 0) is 6.61 Å². The summed E-state index contributed by atoms with van der Waals surface area (Å²) < 4.78 is 0. The molecule has 17 heavy (non-hydrogen) atoms.